The van der Waals surface area contributed by atoms with Gasteiger partial charge in [0.2, 0.25) is 5.91 Å². The minimum absolute atomic E-state index is 0.0303. The molecule has 1 N–H and O–H groups in total. The van der Waals surface area contributed by atoms with Crippen molar-refractivity contribution in [3.8, 4) is 0 Å². The van der Waals surface area contributed by atoms with Crippen molar-refractivity contribution >= 4 is 17.5 Å². The fourth-order valence-corrected chi connectivity index (χ4v) is 4.21. The summed E-state index contributed by atoms with van der Waals surface area (Å²) in [7, 11) is 0. The second-order valence-electron chi connectivity index (χ2n) is 8.02. The van der Waals surface area contributed by atoms with Crippen LogP contribution in [0.5, 0.6) is 0 Å². The molecule has 3 aromatic rings. The van der Waals surface area contributed by atoms with Gasteiger partial charge in [-0.05, 0) is 30.5 Å². The van der Waals surface area contributed by atoms with Crippen LogP contribution < -0.4 is 5.32 Å². The van der Waals surface area contributed by atoms with Gasteiger partial charge in [-0.3, -0.25) is 9.69 Å². The molecule has 0 radical (unpaired) electrons. The van der Waals surface area contributed by atoms with Gasteiger partial charge in [0, 0.05) is 44.0 Å². The minimum Gasteiger partial charge on any atom is -0.346 e. The Labute approximate surface area is 188 Å². The molecular formula is C24H28ClN5O. The summed E-state index contributed by atoms with van der Waals surface area (Å²) in [4.78, 5) is 14.8. The molecule has 7 heteroatoms. The van der Waals surface area contributed by atoms with E-state index in [1.165, 1.54) is 5.56 Å². The smallest absolute Gasteiger partial charge is 0.220 e. The molecule has 1 atom stereocenters. The lowest BCUT2D eigenvalue weighted by molar-refractivity contribution is -0.121. The topological polar surface area (TPSA) is 63.1 Å². The Morgan fingerprint density at radius 3 is 2.65 bits per heavy atom. The summed E-state index contributed by atoms with van der Waals surface area (Å²) < 4.78 is 2.16. The second kappa shape index (κ2) is 10.1. The van der Waals surface area contributed by atoms with Gasteiger partial charge >= 0.3 is 0 Å². The highest BCUT2D eigenvalue weighted by molar-refractivity contribution is 6.31. The predicted octanol–water partition coefficient (Wildman–Crippen LogP) is 3.80. The third-order valence-corrected chi connectivity index (χ3v) is 6.12. The van der Waals surface area contributed by atoms with Gasteiger partial charge in [0.05, 0.1) is 6.04 Å². The zero-order valence-electron chi connectivity index (χ0n) is 17.8. The van der Waals surface area contributed by atoms with Crippen molar-refractivity contribution in [2.75, 3.05) is 13.1 Å². The number of amides is 1. The van der Waals surface area contributed by atoms with Crippen LogP contribution in [0.2, 0.25) is 5.02 Å². The number of hydrogen-bond acceptors (Lipinski definition) is 4. The molecule has 1 amide bonds. The first-order chi connectivity index (χ1) is 15.1. The lowest BCUT2D eigenvalue weighted by Crippen LogP contribution is -2.30. The van der Waals surface area contributed by atoms with Crippen molar-refractivity contribution in [2.24, 2.45) is 0 Å². The average Bonchev–Trinajstić information content (AvgIpc) is 3.09. The predicted molar refractivity (Wildman–Crippen MR) is 122 cm³/mol. The highest BCUT2D eigenvalue weighted by Gasteiger charge is 2.23. The van der Waals surface area contributed by atoms with Crippen LogP contribution in [0.1, 0.15) is 42.2 Å². The van der Waals surface area contributed by atoms with Crippen LogP contribution in [0.25, 0.3) is 0 Å². The standard InChI is InChI=1S/C24H28ClN5O/c1-18(26-23(31)12-11-19-7-3-2-4-8-19)24-28-27-22-13-14-29(15-16-30(22)24)17-20-9-5-6-10-21(20)25/h2-10,18H,11-17H2,1H3,(H,26,31). The number of carbonyl (C=O) groups excluding carboxylic acids is 1. The Kier molecular flexibility index (Phi) is 6.99. The fourth-order valence-electron chi connectivity index (χ4n) is 4.02. The molecule has 1 aromatic heterocycles. The summed E-state index contributed by atoms with van der Waals surface area (Å²) in [6.45, 7) is 5.38. The van der Waals surface area contributed by atoms with Gasteiger partial charge in [-0.15, -0.1) is 10.2 Å². The van der Waals surface area contributed by atoms with Crippen LogP contribution in [0.3, 0.4) is 0 Å². The van der Waals surface area contributed by atoms with Crippen LogP contribution in [-0.2, 0) is 30.7 Å². The van der Waals surface area contributed by atoms with Crippen molar-refractivity contribution in [3.63, 3.8) is 0 Å². The molecule has 0 aliphatic carbocycles. The third kappa shape index (κ3) is 5.51. The maximum Gasteiger partial charge on any atom is 0.220 e. The number of hydrogen-bond donors (Lipinski definition) is 1. The van der Waals surface area contributed by atoms with E-state index < -0.39 is 0 Å². The Hall–Kier alpha value is -2.70. The minimum atomic E-state index is -0.181. The molecule has 6 nitrogen and oxygen atoms in total. The summed E-state index contributed by atoms with van der Waals surface area (Å²) in [5.74, 6) is 1.83. The zero-order valence-corrected chi connectivity index (χ0v) is 18.6. The highest BCUT2D eigenvalue weighted by Crippen LogP contribution is 2.20. The van der Waals surface area contributed by atoms with E-state index in [-0.39, 0.29) is 11.9 Å². The van der Waals surface area contributed by atoms with Gasteiger partial charge in [-0.2, -0.15) is 0 Å². The Morgan fingerprint density at radius 2 is 1.84 bits per heavy atom. The average molecular weight is 438 g/mol. The van der Waals surface area contributed by atoms with Crippen molar-refractivity contribution in [3.05, 3.63) is 82.4 Å². The van der Waals surface area contributed by atoms with Crippen LogP contribution in [0.15, 0.2) is 54.6 Å². The summed E-state index contributed by atoms with van der Waals surface area (Å²) in [6.07, 6.45) is 2.02. The number of rotatable bonds is 7. The van der Waals surface area contributed by atoms with Crippen LogP contribution in [0, 0.1) is 0 Å². The number of aromatic nitrogens is 3. The van der Waals surface area contributed by atoms with E-state index >= 15 is 0 Å². The monoisotopic (exact) mass is 437 g/mol. The second-order valence-corrected chi connectivity index (χ2v) is 8.43. The van der Waals surface area contributed by atoms with Crippen molar-refractivity contribution in [1.82, 2.24) is 25.0 Å². The maximum atomic E-state index is 12.5. The molecule has 162 valence electrons. The van der Waals surface area contributed by atoms with E-state index in [1.54, 1.807) is 0 Å². The van der Waals surface area contributed by atoms with Crippen molar-refractivity contribution in [2.45, 2.75) is 45.3 Å². The van der Waals surface area contributed by atoms with Crippen LogP contribution in [0.4, 0.5) is 0 Å². The summed E-state index contributed by atoms with van der Waals surface area (Å²) in [5.41, 5.74) is 2.31. The molecule has 0 fully saturated rings. The van der Waals surface area contributed by atoms with Gasteiger partial charge in [0.15, 0.2) is 5.82 Å². The summed E-state index contributed by atoms with van der Waals surface area (Å²) in [6, 6.07) is 17.9. The van der Waals surface area contributed by atoms with E-state index in [9.17, 15) is 4.79 Å². The Morgan fingerprint density at radius 1 is 1.06 bits per heavy atom. The molecule has 1 aliphatic rings. The van der Waals surface area contributed by atoms with Gasteiger partial charge in [-0.1, -0.05) is 60.1 Å². The number of benzene rings is 2. The van der Waals surface area contributed by atoms with Gasteiger partial charge < -0.3 is 9.88 Å². The van der Waals surface area contributed by atoms with E-state index in [0.29, 0.717) is 6.42 Å². The SMILES string of the molecule is CC(NC(=O)CCc1ccccc1)c1nnc2n1CCN(Cc1ccccc1Cl)CC2. The zero-order chi connectivity index (χ0) is 21.6. The summed E-state index contributed by atoms with van der Waals surface area (Å²) in [5, 5.41) is 12.7. The molecule has 0 saturated carbocycles. The number of halogens is 1. The van der Waals surface area contributed by atoms with Gasteiger partial charge in [0.1, 0.15) is 5.82 Å². The summed E-state index contributed by atoms with van der Waals surface area (Å²) >= 11 is 6.34. The van der Waals surface area contributed by atoms with Crippen LogP contribution >= 0.6 is 11.6 Å². The molecule has 2 heterocycles. The molecule has 1 aliphatic heterocycles. The Bertz CT molecular complexity index is 1020. The van der Waals surface area contributed by atoms with E-state index in [0.717, 1.165) is 61.3 Å². The van der Waals surface area contributed by atoms with E-state index in [1.807, 2.05) is 55.5 Å². The molecular weight excluding hydrogens is 410 g/mol. The molecule has 0 saturated heterocycles. The van der Waals surface area contributed by atoms with Gasteiger partial charge in [0.25, 0.3) is 0 Å². The number of aryl methyl sites for hydroxylation is 1. The maximum absolute atomic E-state index is 12.5. The molecule has 31 heavy (non-hydrogen) atoms. The van der Waals surface area contributed by atoms with Crippen molar-refractivity contribution < 1.29 is 4.79 Å². The molecule has 4 rings (SSSR count). The fraction of sp³-hybridized carbons (Fsp3) is 0.375. The molecule has 0 bridgehead atoms. The normalized spacial score (nSPS) is 15.2. The first-order valence-electron chi connectivity index (χ1n) is 10.8. The quantitative estimate of drug-likeness (QED) is 0.610. The largest absolute Gasteiger partial charge is 0.346 e. The van der Waals surface area contributed by atoms with Gasteiger partial charge in [-0.25, -0.2) is 0 Å². The number of nitrogens with zero attached hydrogens (tertiary/aromatic N) is 4. The molecule has 0 spiro atoms. The lowest BCUT2D eigenvalue weighted by Gasteiger charge is -2.20. The molecule has 1 unspecified atom stereocenters. The first kappa shape index (κ1) is 21.5. The third-order valence-electron chi connectivity index (χ3n) is 5.75. The highest BCUT2D eigenvalue weighted by atomic mass is 35.5. The number of carbonyl (C=O) groups is 1. The lowest BCUT2D eigenvalue weighted by atomic mass is 10.1. The van der Waals surface area contributed by atoms with Crippen molar-refractivity contribution in [1.29, 1.82) is 0 Å². The number of nitrogens with one attached hydrogen (secondary N) is 1. The Balaban J connectivity index is 1.34. The number of fused-ring (bicyclic) bond motifs is 1. The molecule has 2 aromatic carbocycles. The van der Waals surface area contributed by atoms with E-state index in [2.05, 4.69) is 31.0 Å². The first-order valence-corrected chi connectivity index (χ1v) is 11.2. The van der Waals surface area contributed by atoms with E-state index in [4.69, 9.17) is 11.6 Å². The van der Waals surface area contributed by atoms with Crippen LogP contribution in [-0.4, -0.2) is 38.7 Å².